The van der Waals surface area contributed by atoms with Crippen LogP contribution in [-0.2, 0) is 4.79 Å². The second kappa shape index (κ2) is 6.24. The first kappa shape index (κ1) is 15.3. The van der Waals surface area contributed by atoms with E-state index in [9.17, 15) is 14.7 Å². The fourth-order valence-electron chi connectivity index (χ4n) is 2.92. The third-order valence-electron chi connectivity index (χ3n) is 4.26. The second-order valence-corrected chi connectivity index (χ2v) is 5.93. The number of carbonyl (C=O) groups is 2. The summed E-state index contributed by atoms with van der Waals surface area (Å²) in [5.74, 6) is -0.246. The number of aromatic nitrogens is 1. The maximum absolute atomic E-state index is 12.6. The molecule has 1 N–H and O–H groups in total. The highest BCUT2D eigenvalue weighted by molar-refractivity contribution is 5.97. The summed E-state index contributed by atoms with van der Waals surface area (Å²) < 4.78 is 5.21. The first-order valence-corrected chi connectivity index (χ1v) is 7.59. The number of piperidine rings is 1. The Hall–Kier alpha value is -2.63. The second-order valence-electron chi connectivity index (χ2n) is 5.93. The van der Waals surface area contributed by atoms with E-state index in [0.717, 1.165) is 12.0 Å². The predicted octanol–water partition coefficient (Wildman–Crippen LogP) is 2.67. The Labute approximate surface area is 133 Å². The molecule has 1 aromatic carbocycles. The van der Waals surface area contributed by atoms with Crippen LogP contribution in [-0.4, -0.2) is 39.5 Å². The Morgan fingerprint density at radius 1 is 1.30 bits per heavy atom. The number of nitrogens with zero attached hydrogens (tertiary/aromatic N) is 2. The summed E-state index contributed by atoms with van der Waals surface area (Å²) in [7, 11) is 0. The number of carbonyl (C=O) groups excluding carboxylic acids is 1. The van der Waals surface area contributed by atoms with Gasteiger partial charge in [-0.3, -0.25) is 4.79 Å². The summed E-state index contributed by atoms with van der Waals surface area (Å²) in [5, 5.41) is 9.38. The van der Waals surface area contributed by atoms with Crippen molar-refractivity contribution in [3.05, 3.63) is 42.4 Å². The van der Waals surface area contributed by atoms with Crippen LogP contribution in [0.2, 0.25) is 0 Å². The Bertz CT molecular complexity index is 694. The van der Waals surface area contributed by atoms with E-state index in [2.05, 4.69) is 4.98 Å². The van der Waals surface area contributed by atoms with E-state index in [1.54, 1.807) is 30.5 Å². The lowest BCUT2D eigenvalue weighted by atomic mass is 9.92. The molecule has 1 saturated heterocycles. The van der Waals surface area contributed by atoms with Gasteiger partial charge in [-0.05, 0) is 30.9 Å². The SMILES string of the molecule is CC1CCN(C(=O)c2ccc(-c3cnco3)cc2)C(C(=O)O)C1. The first-order chi connectivity index (χ1) is 11.1. The molecular formula is C17H18N2O4. The molecule has 23 heavy (non-hydrogen) atoms. The molecule has 6 heteroatoms. The van der Waals surface area contributed by atoms with Crippen molar-refractivity contribution < 1.29 is 19.1 Å². The van der Waals surface area contributed by atoms with E-state index in [0.29, 0.717) is 30.2 Å². The molecule has 6 nitrogen and oxygen atoms in total. The molecule has 2 unspecified atom stereocenters. The lowest BCUT2D eigenvalue weighted by Gasteiger charge is -2.36. The number of carboxylic acids is 1. The van der Waals surface area contributed by atoms with Gasteiger partial charge in [0.15, 0.2) is 12.2 Å². The maximum atomic E-state index is 12.6. The Kier molecular flexibility index (Phi) is 4.14. The molecule has 3 rings (SSSR count). The van der Waals surface area contributed by atoms with Crippen molar-refractivity contribution in [3.8, 4) is 11.3 Å². The number of aliphatic carboxylic acids is 1. The molecule has 0 aliphatic carbocycles. The summed E-state index contributed by atoms with van der Waals surface area (Å²) in [6.07, 6.45) is 4.27. The Morgan fingerprint density at radius 3 is 2.65 bits per heavy atom. The van der Waals surface area contributed by atoms with Gasteiger partial charge < -0.3 is 14.4 Å². The van der Waals surface area contributed by atoms with Crippen LogP contribution in [0.3, 0.4) is 0 Å². The van der Waals surface area contributed by atoms with Crippen LogP contribution in [0.25, 0.3) is 11.3 Å². The molecule has 0 spiro atoms. The summed E-state index contributed by atoms with van der Waals surface area (Å²) in [4.78, 5) is 29.4. The van der Waals surface area contributed by atoms with Crippen LogP contribution in [0.15, 0.2) is 41.3 Å². The predicted molar refractivity (Wildman–Crippen MR) is 82.8 cm³/mol. The molecule has 0 bridgehead atoms. The van der Waals surface area contributed by atoms with E-state index in [1.165, 1.54) is 11.3 Å². The normalized spacial score (nSPS) is 21.2. The van der Waals surface area contributed by atoms with Crippen molar-refractivity contribution in [2.24, 2.45) is 5.92 Å². The number of likely N-dealkylation sites (tertiary alicyclic amines) is 1. The third-order valence-corrected chi connectivity index (χ3v) is 4.26. The molecule has 0 saturated carbocycles. The molecule has 1 aromatic heterocycles. The van der Waals surface area contributed by atoms with Crippen LogP contribution >= 0.6 is 0 Å². The van der Waals surface area contributed by atoms with Gasteiger partial charge in [-0.1, -0.05) is 19.1 Å². The molecule has 1 aliphatic rings. The zero-order valence-corrected chi connectivity index (χ0v) is 12.8. The van der Waals surface area contributed by atoms with Gasteiger partial charge in [0.05, 0.1) is 6.20 Å². The summed E-state index contributed by atoms with van der Waals surface area (Å²) >= 11 is 0. The van der Waals surface area contributed by atoms with Gasteiger partial charge in [-0.2, -0.15) is 0 Å². The van der Waals surface area contributed by atoms with Crippen LogP contribution in [0.1, 0.15) is 30.1 Å². The maximum Gasteiger partial charge on any atom is 0.326 e. The van der Waals surface area contributed by atoms with E-state index in [-0.39, 0.29) is 5.91 Å². The van der Waals surface area contributed by atoms with Crippen molar-refractivity contribution in [3.63, 3.8) is 0 Å². The minimum Gasteiger partial charge on any atom is -0.480 e. The molecular weight excluding hydrogens is 296 g/mol. The van der Waals surface area contributed by atoms with Gasteiger partial charge in [0.1, 0.15) is 6.04 Å². The van der Waals surface area contributed by atoms with Gasteiger partial charge in [-0.25, -0.2) is 9.78 Å². The quantitative estimate of drug-likeness (QED) is 0.941. The van der Waals surface area contributed by atoms with Gasteiger partial charge in [0.25, 0.3) is 5.91 Å². The molecule has 2 atom stereocenters. The standard InChI is InChI=1S/C17H18N2O4/c1-11-6-7-19(14(8-11)17(21)22)16(20)13-4-2-12(3-5-13)15-9-18-10-23-15/h2-5,9-11,14H,6-8H2,1H3,(H,21,22). The Morgan fingerprint density at radius 2 is 2.04 bits per heavy atom. The van der Waals surface area contributed by atoms with Crippen molar-refractivity contribution in [2.45, 2.75) is 25.8 Å². The fraction of sp³-hybridized carbons (Fsp3) is 0.353. The smallest absolute Gasteiger partial charge is 0.326 e. The van der Waals surface area contributed by atoms with E-state index >= 15 is 0 Å². The Balaban J connectivity index is 1.80. The average molecular weight is 314 g/mol. The van der Waals surface area contributed by atoms with Crippen molar-refractivity contribution in [1.82, 2.24) is 9.88 Å². The molecule has 1 fully saturated rings. The number of oxazole rings is 1. The topological polar surface area (TPSA) is 83.6 Å². The lowest BCUT2D eigenvalue weighted by molar-refractivity contribution is -0.144. The largest absolute Gasteiger partial charge is 0.480 e. The number of carboxylic acid groups (broad SMARTS) is 1. The van der Waals surface area contributed by atoms with Gasteiger partial charge in [-0.15, -0.1) is 0 Å². The zero-order chi connectivity index (χ0) is 16.4. The number of benzene rings is 1. The lowest BCUT2D eigenvalue weighted by Crippen LogP contribution is -2.49. The number of hydrogen-bond acceptors (Lipinski definition) is 4. The zero-order valence-electron chi connectivity index (χ0n) is 12.8. The van der Waals surface area contributed by atoms with Crippen molar-refractivity contribution >= 4 is 11.9 Å². The fourth-order valence-corrected chi connectivity index (χ4v) is 2.92. The first-order valence-electron chi connectivity index (χ1n) is 7.59. The molecule has 2 aromatic rings. The van der Waals surface area contributed by atoms with Gasteiger partial charge in [0.2, 0.25) is 0 Å². The highest BCUT2D eigenvalue weighted by Crippen LogP contribution is 2.25. The van der Waals surface area contributed by atoms with Crippen molar-refractivity contribution in [1.29, 1.82) is 0 Å². The molecule has 120 valence electrons. The number of rotatable bonds is 3. The third kappa shape index (κ3) is 3.11. The number of amides is 1. The van der Waals surface area contributed by atoms with Gasteiger partial charge in [0, 0.05) is 17.7 Å². The highest BCUT2D eigenvalue weighted by atomic mass is 16.4. The molecule has 1 amide bonds. The van der Waals surface area contributed by atoms with E-state index in [4.69, 9.17) is 4.42 Å². The highest BCUT2D eigenvalue weighted by Gasteiger charge is 2.35. The summed E-state index contributed by atoms with van der Waals surface area (Å²) in [6, 6.07) is 6.18. The van der Waals surface area contributed by atoms with Crippen LogP contribution in [0, 0.1) is 5.92 Å². The van der Waals surface area contributed by atoms with E-state index in [1.807, 2.05) is 6.92 Å². The summed E-state index contributed by atoms with van der Waals surface area (Å²) in [5.41, 5.74) is 1.30. The molecule has 2 heterocycles. The van der Waals surface area contributed by atoms with Crippen molar-refractivity contribution in [2.75, 3.05) is 6.54 Å². The number of hydrogen-bond donors (Lipinski definition) is 1. The molecule has 0 radical (unpaired) electrons. The minimum atomic E-state index is -0.941. The molecule has 1 aliphatic heterocycles. The van der Waals surface area contributed by atoms with E-state index < -0.39 is 12.0 Å². The monoisotopic (exact) mass is 314 g/mol. The minimum absolute atomic E-state index is 0.242. The average Bonchev–Trinajstić information content (AvgIpc) is 3.09. The van der Waals surface area contributed by atoms with Crippen LogP contribution < -0.4 is 0 Å². The van der Waals surface area contributed by atoms with Gasteiger partial charge >= 0.3 is 5.97 Å². The summed E-state index contributed by atoms with van der Waals surface area (Å²) in [6.45, 7) is 2.49. The van der Waals surface area contributed by atoms with Crippen LogP contribution in [0.5, 0.6) is 0 Å². The van der Waals surface area contributed by atoms with Crippen LogP contribution in [0.4, 0.5) is 0 Å².